The Morgan fingerprint density at radius 3 is 3.08 bits per heavy atom. The van der Waals surface area contributed by atoms with Gasteiger partial charge in [-0.15, -0.1) is 0 Å². The first-order chi connectivity index (χ1) is 6.34. The van der Waals surface area contributed by atoms with Crippen molar-refractivity contribution in [2.45, 2.75) is 13.2 Å². The minimum absolute atomic E-state index is 0.281. The molecule has 0 saturated carbocycles. The lowest BCUT2D eigenvalue weighted by atomic mass is 10.4. The molecule has 0 fully saturated rings. The van der Waals surface area contributed by atoms with E-state index in [1.54, 1.807) is 0 Å². The van der Waals surface area contributed by atoms with Gasteiger partial charge in [-0.1, -0.05) is 13.0 Å². The molecule has 76 valence electrons. The summed E-state index contributed by atoms with van der Waals surface area (Å²) in [5.41, 5.74) is 0. The van der Waals surface area contributed by atoms with Crippen molar-refractivity contribution in [3.05, 3.63) is 12.3 Å². The molecule has 1 rings (SSSR count). The molecule has 0 aliphatic carbocycles. The van der Waals surface area contributed by atoms with E-state index in [1.807, 2.05) is 0 Å². The predicted molar refractivity (Wildman–Crippen MR) is 55.2 cm³/mol. The Hall–Kier alpha value is -0.580. The fraction of sp³-hybridized carbons (Fsp3) is 0.778. The van der Waals surface area contributed by atoms with Crippen molar-refractivity contribution in [3.8, 4) is 0 Å². The summed E-state index contributed by atoms with van der Waals surface area (Å²) in [7, 11) is 2.06. The molecular formula is C9H20N4. The molecule has 0 aromatic heterocycles. The van der Waals surface area contributed by atoms with E-state index >= 15 is 0 Å². The topological polar surface area (TPSA) is 39.3 Å². The van der Waals surface area contributed by atoms with Crippen molar-refractivity contribution in [2.75, 3.05) is 33.2 Å². The Balaban J connectivity index is 2.10. The van der Waals surface area contributed by atoms with Crippen LogP contribution in [0.15, 0.2) is 12.3 Å². The lowest BCUT2D eigenvalue weighted by Crippen LogP contribution is -2.54. The third kappa shape index (κ3) is 3.76. The van der Waals surface area contributed by atoms with Crippen molar-refractivity contribution in [2.24, 2.45) is 0 Å². The average molecular weight is 184 g/mol. The molecule has 0 amide bonds. The fourth-order valence-electron chi connectivity index (χ4n) is 1.32. The van der Waals surface area contributed by atoms with Crippen LogP contribution in [0.25, 0.3) is 0 Å². The molecule has 4 heteroatoms. The molecule has 1 aliphatic rings. The molecule has 1 aliphatic heterocycles. The van der Waals surface area contributed by atoms with Gasteiger partial charge in [0.05, 0.1) is 0 Å². The van der Waals surface area contributed by atoms with Crippen LogP contribution < -0.4 is 16.0 Å². The van der Waals surface area contributed by atoms with Crippen LogP contribution in [-0.2, 0) is 0 Å². The minimum atomic E-state index is 0.281. The molecule has 0 radical (unpaired) electrons. The standard InChI is InChI=1S/C9H20N4/c1-3-10-6-7-12-9-11-5-4-8-13(9)2/h4,8-12H,3,5-7H2,1-2H3. The molecule has 0 saturated heterocycles. The Bertz CT molecular complexity index is 158. The van der Waals surface area contributed by atoms with Crippen LogP contribution >= 0.6 is 0 Å². The Morgan fingerprint density at radius 1 is 1.54 bits per heavy atom. The van der Waals surface area contributed by atoms with Crippen molar-refractivity contribution in [1.29, 1.82) is 0 Å². The summed E-state index contributed by atoms with van der Waals surface area (Å²) in [5, 5.41) is 10.0. The van der Waals surface area contributed by atoms with Crippen LogP contribution in [0.3, 0.4) is 0 Å². The first-order valence-electron chi connectivity index (χ1n) is 4.90. The summed E-state index contributed by atoms with van der Waals surface area (Å²) in [4.78, 5) is 2.13. The highest BCUT2D eigenvalue weighted by Crippen LogP contribution is 1.94. The van der Waals surface area contributed by atoms with Gasteiger partial charge in [0.1, 0.15) is 6.29 Å². The number of nitrogens with one attached hydrogen (secondary N) is 3. The van der Waals surface area contributed by atoms with Gasteiger partial charge in [0, 0.05) is 26.7 Å². The van der Waals surface area contributed by atoms with E-state index in [1.165, 1.54) is 0 Å². The lowest BCUT2D eigenvalue weighted by molar-refractivity contribution is 0.222. The smallest absolute Gasteiger partial charge is 0.134 e. The second kappa shape index (κ2) is 5.96. The number of nitrogens with zero attached hydrogens (tertiary/aromatic N) is 1. The number of likely N-dealkylation sites (N-methyl/N-ethyl adjacent to an activating group) is 1. The maximum Gasteiger partial charge on any atom is 0.134 e. The van der Waals surface area contributed by atoms with E-state index in [0.717, 1.165) is 26.2 Å². The van der Waals surface area contributed by atoms with Gasteiger partial charge in [0.25, 0.3) is 0 Å². The largest absolute Gasteiger partial charge is 0.353 e. The average Bonchev–Trinajstić information content (AvgIpc) is 2.15. The van der Waals surface area contributed by atoms with Crippen molar-refractivity contribution in [3.63, 3.8) is 0 Å². The molecule has 0 aromatic carbocycles. The number of hydrogen-bond acceptors (Lipinski definition) is 4. The zero-order chi connectivity index (χ0) is 9.52. The maximum atomic E-state index is 3.41. The monoisotopic (exact) mass is 184 g/mol. The summed E-state index contributed by atoms with van der Waals surface area (Å²) in [6.07, 6.45) is 4.49. The highest BCUT2D eigenvalue weighted by atomic mass is 15.4. The Labute approximate surface area is 80.4 Å². The molecule has 4 nitrogen and oxygen atoms in total. The van der Waals surface area contributed by atoms with E-state index in [4.69, 9.17) is 0 Å². The van der Waals surface area contributed by atoms with Crippen molar-refractivity contribution in [1.82, 2.24) is 20.9 Å². The van der Waals surface area contributed by atoms with E-state index in [-0.39, 0.29) is 6.29 Å². The normalized spacial score (nSPS) is 22.3. The van der Waals surface area contributed by atoms with Crippen LogP contribution in [-0.4, -0.2) is 44.4 Å². The second-order valence-electron chi connectivity index (χ2n) is 3.17. The summed E-state index contributed by atoms with van der Waals surface area (Å²) in [6, 6.07) is 0. The highest BCUT2D eigenvalue weighted by molar-refractivity contribution is 4.90. The van der Waals surface area contributed by atoms with Crippen LogP contribution in [0.4, 0.5) is 0 Å². The number of rotatable bonds is 5. The molecule has 3 N–H and O–H groups in total. The van der Waals surface area contributed by atoms with Crippen LogP contribution in [0, 0.1) is 0 Å². The predicted octanol–water partition coefficient (Wildman–Crippen LogP) is -0.482. The Morgan fingerprint density at radius 2 is 2.38 bits per heavy atom. The molecule has 0 bridgehead atoms. The van der Waals surface area contributed by atoms with E-state index in [2.05, 4.69) is 47.1 Å². The van der Waals surface area contributed by atoms with E-state index in [0.29, 0.717) is 0 Å². The highest BCUT2D eigenvalue weighted by Gasteiger charge is 2.11. The van der Waals surface area contributed by atoms with Gasteiger partial charge in [0.15, 0.2) is 0 Å². The summed E-state index contributed by atoms with van der Waals surface area (Å²) >= 11 is 0. The van der Waals surface area contributed by atoms with Gasteiger partial charge >= 0.3 is 0 Å². The van der Waals surface area contributed by atoms with Crippen LogP contribution in [0.2, 0.25) is 0 Å². The third-order valence-electron chi connectivity index (χ3n) is 2.07. The number of hydrogen-bond donors (Lipinski definition) is 3. The maximum absolute atomic E-state index is 3.41. The van der Waals surface area contributed by atoms with Crippen molar-refractivity contribution >= 4 is 0 Å². The second-order valence-corrected chi connectivity index (χ2v) is 3.17. The van der Waals surface area contributed by atoms with Gasteiger partial charge < -0.3 is 10.2 Å². The quantitative estimate of drug-likeness (QED) is 0.505. The van der Waals surface area contributed by atoms with Crippen LogP contribution in [0.1, 0.15) is 6.92 Å². The first-order valence-corrected chi connectivity index (χ1v) is 4.90. The Kier molecular flexibility index (Phi) is 4.82. The molecule has 1 heterocycles. The zero-order valence-electron chi connectivity index (χ0n) is 8.51. The van der Waals surface area contributed by atoms with Gasteiger partial charge in [-0.25, -0.2) is 0 Å². The molecule has 0 spiro atoms. The zero-order valence-corrected chi connectivity index (χ0v) is 8.51. The fourth-order valence-corrected chi connectivity index (χ4v) is 1.32. The van der Waals surface area contributed by atoms with Crippen LogP contribution in [0.5, 0.6) is 0 Å². The molecule has 1 atom stereocenters. The first kappa shape index (κ1) is 10.5. The molecule has 13 heavy (non-hydrogen) atoms. The molecule has 0 aromatic rings. The summed E-state index contributed by atoms with van der Waals surface area (Å²) in [6.45, 7) is 6.11. The van der Waals surface area contributed by atoms with Gasteiger partial charge in [-0.3, -0.25) is 10.6 Å². The van der Waals surface area contributed by atoms with Gasteiger partial charge in [-0.05, 0) is 12.7 Å². The third-order valence-corrected chi connectivity index (χ3v) is 2.07. The SMILES string of the molecule is CCNCCNC1NCC=CN1C. The summed E-state index contributed by atoms with van der Waals surface area (Å²) in [5.74, 6) is 0. The van der Waals surface area contributed by atoms with E-state index in [9.17, 15) is 0 Å². The van der Waals surface area contributed by atoms with Gasteiger partial charge in [0.2, 0.25) is 0 Å². The minimum Gasteiger partial charge on any atom is -0.353 e. The van der Waals surface area contributed by atoms with Crippen molar-refractivity contribution < 1.29 is 0 Å². The molecular weight excluding hydrogens is 164 g/mol. The lowest BCUT2D eigenvalue weighted by Gasteiger charge is -2.31. The van der Waals surface area contributed by atoms with Gasteiger partial charge in [-0.2, -0.15) is 0 Å². The van der Waals surface area contributed by atoms with E-state index < -0.39 is 0 Å². The summed E-state index contributed by atoms with van der Waals surface area (Å²) < 4.78 is 0. The molecule has 1 unspecified atom stereocenters.